The molecule has 2 rings (SSSR count). The molecule has 0 unspecified atom stereocenters. The number of hydrogen-bond acceptors (Lipinski definition) is 5. The number of para-hydroxylation sites is 1. The molecule has 1 aliphatic heterocycles. The molecule has 0 amide bonds. The van der Waals surface area contributed by atoms with Gasteiger partial charge in [0, 0.05) is 37.8 Å². The van der Waals surface area contributed by atoms with Gasteiger partial charge >= 0.3 is 8.80 Å². The number of hydrogen-bond donors (Lipinski definition) is 0. The normalized spacial score (nSPS) is 14.1. The molecule has 0 atom stereocenters. The van der Waals surface area contributed by atoms with Crippen LogP contribution in [0.3, 0.4) is 0 Å². The fraction of sp³-hybridized carbons (Fsp3) is 0.588. The largest absolute Gasteiger partial charge is 0.500 e. The van der Waals surface area contributed by atoms with Crippen LogP contribution in [0.1, 0.15) is 39.2 Å². The van der Waals surface area contributed by atoms with Gasteiger partial charge in [-0.05, 0) is 39.7 Å². The van der Waals surface area contributed by atoms with Crippen LogP contribution >= 0.6 is 0 Å². The van der Waals surface area contributed by atoms with Gasteiger partial charge in [0.05, 0.1) is 5.71 Å². The lowest BCUT2D eigenvalue weighted by atomic mass is 10.0. The number of nitrogens with zero attached hydrogens (tertiary/aromatic N) is 1. The van der Waals surface area contributed by atoms with E-state index in [9.17, 15) is 0 Å². The second-order valence-corrected chi connectivity index (χ2v) is 8.10. The van der Waals surface area contributed by atoms with Crippen LogP contribution in [0.4, 0.5) is 0 Å². The lowest BCUT2D eigenvalue weighted by Gasteiger charge is -2.28. The fourth-order valence-corrected chi connectivity index (χ4v) is 5.36. The summed E-state index contributed by atoms with van der Waals surface area (Å²) in [6.07, 6.45) is 2.65. The zero-order chi connectivity index (χ0) is 16.5. The zero-order valence-electron chi connectivity index (χ0n) is 14.3. The molecule has 5 nitrogen and oxygen atoms in total. The predicted octanol–water partition coefficient (Wildman–Crippen LogP) is 3.81. The topological polar surface area (TPSA) is 49.3 Å². The summed E-state index contributed by atoms with van der Waals surface area (Å²) < 4.78 is 17.6. The van der Waals surface area contributed by atoms with Crippen molar-refractivity contribution in [2.75, 3.05) is 19.8 Å². The van der Waals surface area contributed by atoms with Crippen molar-refractivity contribution in [3.8, 4) is 5.75 Å². The Kier molecular flexibility index (Phi) is 7.23. The Bertz CT molecular complexity index is 504. The maximum absolute atomic E-state index is 5.88. The van der Waals surface area contributed by atoms with Crippen molar-refractivity contribution in [3.63, 3.8) is 0 Å². The van der Waals surface area contributed by atoms with Crippen LogP contribution in [0, 0.1) is 0 Å². The third-order valence-electron chi connectivity index (χ3n) is 3.68. The van der Waals surface area contributed by atoms with Gasteiger partial charge in [0.15, 0.2) is 5.75 Å². The molecule has 1 aromatic rings. The first-order chi connectivity index (χ1) is 11.2. The molecule has 1 aliphatic rings. The van der Waals surface area contributed by atoms with E-state index < -0.39 is 8.80 Å². The van der Waals surface area contributed by atoms with Crippen LogP contribution in [0.25, 0.3) is 0 Å². The van der Waals surface area contributed by atoms with Crippen molar-refractivity contribution in [2.24, 2.45) is 5.16 Å². The van der Waals surface area contributed by atoms with Crippen molar-refractivity contribution in [1.29, 1.82) is 0 Å². The van der Waals surface area contributed by atoms with Gasteiger partial charge in [0.1, 0.15) is 0 Å². The first-order valence-corrected chi connectivity index (χ1v) is 10.4. The van der Waals surface area contributed by atoms with Gasteiger partial charge in [0.2, 0.25) is 0 Å². The minimum absolute atomic E-state index is 0.615. The standard InChI is InChI=1S/C17H27NO4Si/c1-4-19-23(20-5-2,21-6-3)13-9-11-16-14-15-10-7-8-12-17(15)22-18-16/h7-8,10,12H,4-6,9,11,13-14H2,1-3H3. The highest BCUT2D eigenvalue weighted by atomic mass is 28.4. The second-order valence-electron chi connectivity index (χ2n) is 5.37. The molecular formula is C17H27NO4Si. The SMILES string of the molecule is CCO[Si](CCCC1=NOc2ccccc2C1)(OCC)OCC. The molecule has 0 spiro atoms. The quantitative estimate of drug-likeness (QED) is 0.609. The Labute approximate surface area is 139 Å². The maximum atomic E-state index is 5.88. The van der Waals surface area contributed by atoms with Gasteiger partial charge in [-0.3, -0.25) is 0 Å². The number of rotatable bonds is 10. The van der Waals surface area contributed by atoms with Crippen LogP contribution in [-0.4, -0.2) is 34.3 Å². The zero-order valence-corrected chi connectivity index (χ0v) is 15.3. The average Bonchev–Trinajstić information content (AvgIpc) is 2.55. The number of oxime groups is 1. The van der Waals surface area contributed by atoms with Crippen molar-refractivity contribution < 1.29 is 18.1 Å². The van der Waals surface area contributed by atoms with Gasteiger partial charge < -0.3 is 18.1 Å². The molecule has 128 valence electrons. The molecule has 0 fully saturated rings. The molecule has 1 heterocycles. The van der Waals surface area contributed by atoms with E-state index in [4.69, 9.17) is 18.1 Å². The lowest BCUT2D eigenvalue weighted by Crippen LogP contribution is -2.46. The van der Waals surface area contributed by atoms with Gasteiger partial charge in [-0.2, -0.15) is 0 Å². The van der Waals surface area contributed by atoms with Crippen molar-refractivity contribution in [2.45, 2.75) is 46.1 Å². The van der Waals surface area contributed by atoms with E-state index in [-0.39, 0.29) is 0 Å². The van der Waals surface area contributed by atoms with Crippen LogP contribution in [0.5, 0.6) is 5.75 Å². The molecule has 23 heavy (non-hydrogen) atoms. The molecule has 0 saturated carbocycles. The molecule has 0 N–H and O–H groups in total. The van der Waals surface area contributed by atoms with Gasteiger partial charge in [0.25, 0.3) is 0 Å². The van der Waals surface area contributed by atoms with Crippen LogP contribution < -0.4 is 4.84 Å². The highest BCUT2D eigenvalue weighted by molar-refractivity contribution is 6.60. The smallest absolute Gasteiger partial charge is 0.374 e. The summed E-state index contributed by atoms with van der Waals surface area (Å²) in [5.41, 5.74) is 2.26. The monoisotopic (exact) mass is 337 g/mol. The van der Waals surface area contributed by atoms with Gasteiger partial charge in [-0.15, -0.1) is 0 Å². The summed E-state index contributed by atoms with van der Waals surface area (Å²) >= 11 is 0. The number of benzene rings is 1. The highest BCUT2D eigenvalue weighted by Crippen LogP contribution is 2.25. The molecule has 0 saturated heterocycles. The van der Waals surface area contributed by atoms with Crippen molar-refractivity contribution >= 4 is 14.5 Å². The third kappa shape index (κ3) is 5.14. The Morgan fingerprint density at radius 3 is 2.35 bits per heavy atom. The molecule has 6 heteroatoms. The van der Waals surface area contributed by atoms with Crippen molar-refractivity contribution in [1.82, 2.24) is 0 Å². The van der Waals surface area contributed by atoms with Crippen molar-refractivity contribution in [3.05, 3.63) is 29.8 Å². The molecule has 0 bridgehead atoms. The van der Waals surface area contributed by atoms with Crippen LogP contribution in [0.15, 0.2) is 29.4 Å². The minimum Gasteiger partial charge on any atom is -0.374 e. The summed E-state index contributed by atoms with van der Waals surface area (Å²) in [6.45, 7) is 7.79. The number of fused-ring (bicyclic) bond motifs is 1. The van der Waals surface area contributed by atoms with E-state index >= 15 is 0 Å². The lowest BCUT2D eigenvalue weighted by molar-refractivity contribution is 0.0709. The molecule has 0 aromatic heterocycles. The highest BCUT2D eigenvalue weighted by Gasteiger charge is 2.39. The summed E-state index contributed by atoms with van der Waals surface area (Å²) in [5.74, 6) is 0.859. The molecule has 1 aromatic carbocycles. The van der Waals surface area contributed by atoms with E-state index in [0.29, 0.717) is 19.8 Å². The average molecular weight is 337 g/mol. The van der Waals surface area contributed by atoms with E-state index in [0.717, 1.165) is 36.8 Å². The maximum Gasteiger partial charge on any atom is 0.500 e. The summed E-state index contributed by atoms with van der Waals surface area (Å²) in [5, 5.41) is 4.24. The first-order valence-electron chi connectivity index (χ1n) is 8.45. The van der Waals surface area contributed by atoms with E-state index in [1.54, 1.807) is 0 Å². The Hall–Kier alpha value is -1.21. The van der Waals surface area contributed by atoms with E-state index in [2.05, 4.69) is 11.2 Å². The third-order valence-corrected chi connectivity index (χ3v) is 6.83. The van der Waals surface area contributed by atoms with E-state index in [1.807, 2.05) is 39.0 Å². The Balaban J connectivity index is 1.88. The Morgan fingerprint density at radius 2 is 1.70 bits per heavy atom. The Morgan fingerprint density at radius 1 is 1.04 bits per heavy atom. The molecular weight excluding hydrogens is 310 g/mol. The van der Waals surface area contributed by atoms with Crippen LogP contribution in [0.2, 0.25) is 6.04 Å². The van der Waals surface area contributed by atoms with Crippen LogP contribution in [-0.2, 0) is 19.7 Å². The summed E-state index contributed by atoms with van der Waals surface area (Å²) in [6, 6.07) is 8.84. The first kappa shape index (κ1) is 18.1. The minimum atomic E-state index is -2.55. The molecule has 0 aliphatic carbocycles. The predicted molar refractivity (Wildman–Crippen MR) is 92.9 cm³/mol. The molecule has 0 radical (unpaired) electrons. The summed E-state index contributed by atoms with van der Waals surface area (Å²) in [7, 11) is -2.55. The second kappa shape index (κ2) is 9.17. The van der Waals surface area contributed by atoms with Gasteiger partial charge in [-0.25, -0.2) is 0 Å². The summed E-state index contributed by atoms with van der Waals surface area (Å²) in [4.78, 5) is 5.47. The fourth-order valence-electron chi connectivity index (χ4n) is 2.75. The van der Waals surface area contributed by atoms with E-state index in [1.165, 1.54) is 5.56 Å². The van der Waals surface area contributed by atoms with Gasteiger partial charge in [-0.1, -0.05) is 23.4 Å².